The van der Waals surface area contributed by atoms with Gasteiger partial charge in [0.2, 0.25) is 5.82 Å². The molecule has 8 nitrogen and oxygen atoms in total. The fourth-order valence-electron chi connectivity index (χ4n) is 1.69. The summed E-state index contributed by atoms with van der Waals surface area (Å²) in [6.07, 6.45) is -3.75. The van der Waals surface area contributed by atoms with Crippen LogP contribution in [0.3, 0.4) is 0 Å². The Kier molecular flexibility index (Phi) is 5.99. The first-order valence-corrected chi connectivity index (χ1v) is 6.78. The molecule has 1 aromatic carbocycles. The van der Waals surface area contributed by atoms with E-state index in [1.807, 2.05) is 0 Å². The molecule has 0 heterocycles. The van der Waals surface area contributed by atoms with Crippen LogP contribution in [0.5, 0.6) is 0 Å². The van der Waals surface area contributed by atoms with Crippen molar-refractivity contribution < 1.29 is 29.1 Å². The maximum atomic E-state index is 13.5. The van der Waals surface area contributed by atoms with Crippen molar-refractivity contribution >= 4 is 11.8 Å². The summed E-state index contributed by atoms with van der Waals surface area (Å²) in [7, 11) is 0. The van der Waals surface area contributed by atoms with Crippen LogP contribution in [0.15, 0.2) is 18.2 Å². The van der Waals surface area contributed by atoms with Gasteiger partial charge in [-0.1, -0.05) is 0 Å². The number of carbonyl (C=O) groups is 1. The van der Waals surface area contributed by atoms with E-state index in [1.165, 1.54) is 0 Å². The van der Waals surface area contributed by atoms with E-state index in [9.17, 15) is 29.5 Å². The molecule has 0 fully saturated rings. The number of rotatable bonds is 5. The molecule has 0 aliphatic rings. The van der Waals surface area contributed by atoms with Gasteiger partial charge in [-0.3, -0.25) is 10.1 Å². The van der Waals surface area contributed by atoms with Crippen LogP contribution >= 0.6 is 0 Å². The lowest BCUT2D eigenvalue weighted by molar-refractivity contribution is -0.387. The summed E-state index contributed by atoms with van der Waals surface area (Å²) in [5.74, 6) is -1.13. The normalized spacial score (nSPS) is 14.0. The zero-order valence-corrected chi connectivity index (χ0v) is 12.9. The lowest BCUT2D eigenvalue weighted by atomic mass is 10.0. The number of aliphatic hydroxyl groups is 2. The van der Waals surface area contributed by atoms with Crippen molar-refractivity contribution in [1.82, 2.24) is 5.32 Å². The number of ether oxygens (including phenoxy) is 1. The number of alkyl carbamates (subject to hydrolysis) is 1. The Morgan fingerprint density at radius 2 is 2.04 bits per heavy atom. The number of amides is 1. The second kappa shape index (κ2) is 7.34. The monoisotopic (exact) mass is 330 g/mol. The van der Waals surface area contributed by atoms with Gasteiger partial charge in [-0.2, -0.15) is 4.39 Å². The van der Waals surface area contributed by atoms with Crippen molar-refractivity contribution in [1.29, 1.82) is 0 Å². The lowest BCUT2D eigenvalue weighted by Crippen LogP contribution is -2.38. The topological polar surface area (TPSA) is 122 Å². The summed E-state index contributed by atoms with van der Waals surface area (Å²) in [5, 5.41) is 32.5. The lowest BCUT2D eigenvalue weighted by Gasteiger charge is -2.22. The largest absolute Gasteiger partial charge is 0.444 e. The van der Waals surface area contributed by atoms with Crippen LogP contribution in [0.2, 0.25) is 0 Å². The fourth-order valence-corrected chi connectivity index (χ4v) is 1.69. The number of benzene rings is 1. The molecule has 1 aromatic rings. The summed E-state index contributed by atoms with van der Waals surface area (Å²) in [4.78, 5) is 21.1. The molecule has 9 heteroatoms. The van der Waals surface area contributed by atoms with E-state index in [0.717, 1.165) is 18.2 Å². The van der Waals surface area contributed by atoms with Crippen molar-refractivity contribution in [2.45, 2.75) is 38.6 Å². The van der Waals surface area contributed by atoms with Gasteiger partial charge in [0.25, 0.3) is 0 Å². The Morgan fingerprint density at radius 1 is 1.43 bits per heavy atom. The van der Waals surface area contributed by atoms with Crippen molar-refractivity contribution in [3.63, 3.8) is 0 Å². The van der Waals surface area contributed by atoms with E-state index in [4.69, 9.17) is 4.74 Å². The summed E-state index contributed by atoms with van der Waals surface area (Å²) < 4.78 is 18.5. The van der Waals surface area contributed by atoms with E-state index < -0.39 is 40.3 Å². The zero-order valence-electron chi connectivity index (χ0n) is 12.9. The van der Waals surface area contributed by atoms with Crippen LogP contribution in [0.25, 0.3) is 0 Å². The van der Waals surface area contributed by atoms with Gasteiger partial charge in [0.15, 0.2) is 0 Å². The second-order valence-electron chi connectivity index (χ2n) is 5.86. The van der Waals surface area contributed by atoms with Gasteiger partial charge in [0.05, 0.1) is 4.92 Å². The van der Waals surface area contributed by atoms with E-state index in [2.05, 4.69) is 5.32 Å². The molecular weight excluding hydrogens is 311 g/mol. The first-order valence-electron chi connectivity index (χ1n) is 6.78. The molecule has 0 saturated heterocycles. The Bertz CT molecular complexity index is 587. The molecule has 0 radical (unpaired) electrons. The molecule has 128 valence electrons. The first-order chi connectivity index (χ1) is 10.5. The third-order valence-electron chi connectivity index (χ3n) is 2.73. The number of nitrogens with one attached hydrogen (secondary N) is 1. The summed E-state index contributed by atoms with van der Waals surface area (Å²) in [6.45, 7) is 4.65. The summed E-state index contributed by atoms with van der Waals surface area (Å²) in [5.41, 5.74) is -1.50. The smallest absolute Gasteiger partial charge is 0.407 e. The standard InChI is InChI=1S/C14H19FN2O6/c1-14(2,3)23-13(20)16-7-11(18)12(19)8-4-5-10(17(21)22)9(15)6-8/h4-6,11-12,18-19H,7H2,1-3H3,(H,16,20). The van der Waals surface area contributed by atoms with Crippen LogP contribution in [0, 0.1) is 15.9 Å². The van der Waals surface area contributed by atoms with Crippen molar-refractivity contribution in [2.24, 2.45) is 0 Å². The van der Waals surface area contributed by atoms with Gasteiger partial charge in [0, 0.05) is 12.6 Å². The van der Waals surface area contributed by atoms with Crippen LogP contribution in [0.4, 0.5) is 14.9 Å². The SMILES string of the molecule is CC(C)(C)OC(=O)NCC(O)C(O)c1ccc([N+](=O)[O-])c(F)c1. The number of hydrogen-bond acceptors (Lipinski definition) is 6. The number of hydrogen-bond donors (Lipinski definition) is 3. The molecule has 1 amide bonds. The number of carbonyl (C=O) groups excluding carboxylic acids is 1. The second-order valence-corrected chi connectivity index (χ2v) is 5.86. The van der Waals surface area contributed by atoms with Gasteiger partial charge in [-0.05, 0) is 38.5 Å². The highest BCUT2D eigenvalue weighted by Crippen LogP contribution is 2.23. The van der Waals surface area contributed by atoms with E-state index in [-0.39, 0.29) is 12.1 Å². The Balaban J connectivity index is 2.66. The molecule has 0 aliphatic carbocycles. The van der Waals surface area contributed by atoms with E-state index in [1.54, 1.807) is 20.8 Å². The number of nitro benzene ring substituents is 1. The third kappa shape index (κ3) is 5.80. The number of nitro groups is 1. The average Bonchev–Trinajstić information content (AvgIpc) is 2.41. The Morgan fingerprint density at radius 3 is 2.52 bits per heavy atom. The van der Waals surface area contributed by atoms with Gasteiger partial charge >= 0.3 is 11.8 Å². The highest BCUT2D eigenvalue weighted by Gasteiger charge is 2.23. The molecule has 0 aromatic heterocycles. The van der Waals surface area contributed by atoms with Crippen LogP contribution in [-0.2, 0) is 4.74 Å². The molecule has 0 spiro atoms. The molecular formula is C14H19FN2O6. The van der Waals surface area contributed by atoms with Crippen molar-refractivity contribution in [2.75, 3.05) is 6.54 Å². The summed E-state index contributed by atoms with van der Waals surface area (Å²) in [6, 6.07) is 2.78. The predicted octanol–water partition coefficient (Wildman–Crippen LogP) is 1.65. The molecule has 1 rings (SSSR count). The van der Waals surface area contributed by atoms with Gasteiger partial charge in [-0.25, -0.2) is 4.79 Å². The van der Waals surface area contributed by atoms with E-state index in [0.29, 0.717) is 0 Å². The van der Waals surface area contributed by atoms with Gasteiger partial charge in [-0.15, -0.1) is 0 Å². The maximum Gasteiger partial charge on any atom is 0.407 e. The molecule has 23 heavy (non-hydrogen) atoms. The summed E-state index contributed by atoms with van der Waals surface area (Å²) >= 11 is 0. The van der Waals surface area contributed by atoms with E-state index >= 15 is 0 Å². The fraction of sp³-hybridized carbons (Fsp3) is 0.500. The predicted molar refractivity (Wildman–Crippen MR) is 78.3 cm³/mol. The number of halogens is 1. The Hall–Kier alpha value is -2.26. The molecule has 0 saturated carbocycles. The molecule has 0 bridgehead atoms. The van der Waals surface area contributed by atoms with Crippen molar-refractivity contribution in [3.8, 4) is 0 Å². The minimum Gasteiger partial charge on any atom is -0.444 e. The first kappa shape index (κ1) is 18.8. The molecule has 2 atom stereocenters. The average molecular weight is 330 g/mol. The molecule has 3 N–H and O–H groups in total. The molecule has 0 aliphatic heterocycles. The van der Waals surface area contributed by atoms with Gasteiger partial charge in [0.1, 0.15) is 17.8 Å². The third-order valence-corrected chi connectivity index (χ3v) is 2.73. The van der Waals surface area contributed by atoms with Crippen LogP contribution < -0.4 is 5.32 Å². The number of aliphatic hydroxyl groups excluding tert-OH is 2. The maximum absolute atomic E-state index is 13.5. The quantitative estimate of drug-likeness (QED) is 0.557. The highest BCUT2D eigenvalue weighted by molar-refractivity contribution is 5.67. The number of nitrogens with zero attached hydrogens (tertiary/aromatic N) is 1. The zero-order chi connectivity index (χ0) is 17.8. The highest BCUT2D eigenvalue weighted by atomic mass is 19.1. The van der Waals surface area contributed by atoms with Gasteiger partial charge < -0.3 is 20.3 Å². The Labute approximate surface area is 132 Å². The van der Waals surface area contributed by atoms with Crippen LogP contribution in [0.1, 0.15) is 32.4 Å². The van der Waals surface area contributed by atoms with Crippen molar-refractivity contribution in [3.05, 3.63) is 39.7 Å². The minimum atomic E-state index is -1.53. The van der Waals surface area contributed by atoms with Crippen LogP contribution in [-0.4, -0.2) is 39.5 Å². The molecule has 2 unspecified atom stereocenters. The minimum absolute atomic E-state index is 0.0495.